The van der Waals surface area contributed by atoms with Crippen LogP contribution in [-0.4, -0.2) is 24.5 Å². The van der Waals surface area contributed by atoms with E-state index in [2.05, 4.69) is 0 Å². The number of halogens is 3. The number of rotatable bonds is 7. The van der Waals surface area contributed by atoms with Gasteiger partial charge in [0.1, 0.15) is 0 Å². The van der Waals surface area contributed by atoms with Crippen LogP contribution in [0.1, 0.15) is 5.56 Å². The van der Waals surface area contributed by atoms with Crippen molar-refractivity contribution in [1.82, 2.24) is 24.5 Å². The van der Waals surface area contributed by atoms with E-state index in [1.165, 1.54) is 6.07 Å². The summed E-state index contributed by atoms with van der Waals surface area (Å²) in [5.74, 6) is 0.865. The van der Waals surface area contributed by atoms with E-state index >= 15 is 0 Å². The largest absolute Gasteiger partial charge is 0.416 e. The minimum atomic E-state index is -4.54. The van der Waals surface area contributed by atoms with Crippen LogP contribution in [0.4, 0.5) is 13.2 Å². The molecule has 3 heterocycles. The molecule has 0 saturated heterocycles. The molecule has 3 aromatic heterocycles. The third-order valence-electron chi connectivity index (χ3n) is 10.5. The molecule has 0 unspecified atom stereocenters. The zero-order chi connectivity index (χ0) is 39.9. The highest BCUT2D eigenvalue weighted by molar-refractivity contribution is 6.10. The molecule has 0 atom stereocenters. The lowest BCUT2D eigenvalue weighted by atomic mass is 10.0. The number of fused-ring (bicyclic) bond motifs is 3. The molecule has 0 aliphatic rings. The van der Waals surface area contributed by atoms with E-state index in [9.17, 15) is 13.2 Å². The topological polar surface area (TPSA) is 56.5 Å². The van der Waals surface area contributed by atoms with Gasteiger partial charge in [-0.05, 0) is 48.5 Å². The van der Waals surface area contributed by atoms with Crippen LogP contribution in [0, 0.1) is 0 Å². The van der Waals surface area contributed by atoms with Gasteiger partial charge in [-0.25, -0.2) is 19.9 Å². The van der Waals surface area contributed by atoms with Crippen LogP contribution in [0.2, 0.25) is 0 Å². The molecule has 282 valence electrons. The van der Waals surface area contributed by atoms with Crippen LogP contribution < -0.4 is 0 Å². The van der Waals surface area contributed by atoms with Gasteiger partial charge in [0.25, 0.3) is 0 Å². The Morgan fingerprint density at radius 2 is 0.797 bits per heavy atom. The predicted octanol–water partition coefficient (Wildman–Crippen LogP) is 13.4. The fourth-order valence-electron chi connectivity index (χ4n) is 7.63. The maximum absolute atomic E-state index is 14.4. The zero-order valence-electron chi connectivity index (χ0n) is 31.3. The predicted molar refractivity (Wildman–Crippen MR) is 230 cm³/mol. The molecule has 0 amide bonds. The first-order valence-corrected chi connectivity index (χ1v) is 19.1. The van der Waals surface area contributed by atoms with Crippen LogP contribution >= 0.6 is 0 Å². The van der Waals surface area contributed by atoms with E-state index in [4.69, 9.17) is 19.9 Å². The number of alkyl halides is 3. The summed E-state index contributed by atoms with van der Waals surface area (Å²) in [6.07, 6.45) is -4.54. The van der Waals surface area contributed by atoms with Crippen molar-refractivity contribution in [3.8, 4) is 73.5 Å². The molecule has 0 saturated carbocycles. The van der Waals surface area contributed by atoms with Crippen molar-refractivity contribution in [3.05, 3.63) is 200 Å². The van der Waals surface area contributed by atoms with Crippen LogP contribution in [0.25, 0.3) is 95.3 Å². The standard InChI is InChI=1S/C51H32F3N5/c52-51(53,54)38-26-27-40-39-23-13-14-24-46(39)59(48(40)30-38)47-28-25-37(49-55-42(33-15-5-1-6-16-33)31-43(56-49)34-17-7-2-8-18-34)29-41(47)50-57-44(35-19-9-3-10-20-35)32-45(58-50)36-21-11-4-12-22-36/h1-32H. The van der Waals surface area contributed by atoms with Crippen molar-refractivity contribution in [2.45, 2.75) is 6.18 Å². The number of benzene rings is 7. The Morgan fingerprint density at radius 1 is 0.356 bits per heavy atom. The summed E-state index contributed by atoms with van der Waals surface area (Å²) in [5.41, 5.74) is 8.83. The van der Waals surface area contributed by atoms with Gasteiger partial charge in [-0.2, -0.15) is 13.2 Å². The van der Waals surface area contributed by atoms with E-state index in [0.717, 1.165) is 50.6 Å². The van der Waals surface area contributed by atoms with Gasteiger partial charge >= 0.3 is 6.18 Å². The van der Waals surface area contributed by atoms with E-state index in [-0.39, 0.29) is 0 Å². The highest BCUT2D eigenvalue weighted by Crippen LogP contribution is 2.41. The second-order valence-electron chi connectivity index (χ2n) is 14.2. The van der Waals surface area contributed by atoms with E-state index in [0.29, 0.717) is 50.8 Å². The lowest BCUT2D eigenvalue weighted by Crippen LogP contribution is -2.06. The Bertz CT molecular complexity index is 3010. The van der Waals surface area contributed by atoms with Crippen LogP contribution in [0.15, 0.2) is 194 Å². The SMILES string of the molecule is FC(F)(F)c1ccc2c3ccccc3n(-c3ccc(-c4nc(-c5ccccc5)cc(-c5ccccc5)n4)cc3-c3nc(-c4ccccc4)cc(-c4ccccc4)n3)c2c1. The molecule has 59 heavy (non-hydrogen) atoms. The summed E-state index contributed by atoms with van der Waals surface area (Å²) >= 11 is 0. The maximum atomic E-state index is 14.4. The number of para-hydroxylation sites is 1. The third-order valence-corrected chi connectivity index (χ3v) is 10.5. The number of hydrogen-bond acceptors (Lipinski definition) is 4. The van der Waals surface area contributed by atoms with Crippen molar-refractivity contribution >= 4 is 21.8 Å². The van der Waals surface area contributed by atoms with Crippen molar-refractivity contribution in [3.63, 3.8) is 0 Å². The van der Waals surface area contributed by atoms with Gasteiger partial charge in [-0.15, -0.1) is 0 Å². The summed E-state index contributed by atoms with van der Waals surface area (Å²) in [7, 11) is 0. The maximum Gasteiger partial charge on any atom is 0.416 e. The summed E-state index contributed by atoms with van der Waals surface area (Å²) in [6.45, 7) is 0. The average Bonchev–Trinajstić information content (AvgIpc) is 3.63. The molecule has 0 bridgehead atoms. The fraction of sp³-hybridized carbons (Fsp3) is 0.0196. The van der Waals surface area contributed by atoms with Gasteiger partial charge in [-0.3, -0.25) is 0 Å². The zero-order valence-corrected chi connectivity index (χ0v) is 31.3. The molecule has 0 fully saturated rings. The highest BCUT2D eigenvalue weighted by Gasteiger charge is 2.31. The van der Waals surface area contributed by atoms with Gasteiger partial charge in [0, 0.05) is 44.2 Å². The summed E-state index contributed by atoms with van der Waals surface area (Å²) < 4.78 is 45.0. The van der Waals surface area contributed by atoms with Crippen molar-refractivity contribution in [2.24, 2.45) is 0 Å². The molecule has 0 aliphatic heterocycles. The molecule has 7 aromatic carbocycles. The van der Waals surface area contributed by atoms with Crippen LogP contribution in [0.3, 0.4) is 0 Å². The van der Waals surface area contributed by atoms with Gasteiger partial charge in [0.2, 0.25) is 0 Å². The highest BCUT2D eigenvalue weighted by atomic mass is 19.4. The van der Waals surface area contributed by atoms with Gasteiger partial charge < -0.3 is 4.57 Å². The van der Waals surface area contributed by atoms with Crippen molar-refractivity contribution in [1.29, 1.82) is 0 Å². The smallest absolute Gasteiger partial charge is 0.308 e. The number of nitrogens with zero attached hydrogens (tertiary/aromatic N) is 5. The first-order chi connectivity index (χ1) is 28.9. The molecule has 0 aliphatic carbocycles. The van der Waals surface area contributed by atoms with Crippen molar-refractivity contribution < 1.29 is 13.2 Å². The summed E-state index contributed by atoms with van der Waals surface area (Å²) in [4.78, 5) is 20.6. The molecule has 8 heteroatoms. The quantitative estimate of drug-likeness (QED) is 0.162. The Hall–Kier alpha value is -7.71. The van der Waals surface area contributed by atoms with Crippen LogP contribution in [-0.2, 0) is 6.18 Å². The molecular weight excluding hydrogens is 740 g/mol. The van der Waals surface area contributed by atoms with Gasteiger partial charge in [0.05, 0.1) is 45.1 Å². The normalized spacial score (nSPS) is 11.6. The molecule has 10 aromatic rings. The second-order valence-corrected chi connectivity index (χ2v) is 14.2. The van der Waals surface area contributed by atoms with Gasteiger partial charge in [-0.1, -0.05) is 146 Å². The molecule has 0 spiro atoms. The Balaban J connectivity index is 1.28. The van der Waals surface area contributed by atoms with E-state index in [1.54, 1.807) is 6.07 Å². The molecule has 0 radical (unpaired) electrons. The fourth-order valence-corrected chi connectivity index (χ4v) is 7.63. The Morgan fingerprint density at radius 3 is 1.29 bits per heavy atom. The molecular formula is C51H32F3N5. The number of hydrogen-bond donors (Lipinski definition) is 0. The monoisotopic (exact) mass is 771 g/mol. The van der Waals surface area contributed by atoms with Crippen LogP contribution in [0.5, 0.6) is 0 Å². The lowest BCUT2D eigenvalue weighted by Gasteiger charge is -2.17. The third kappa shape index (κ3) is 6.80. The van der Waals surface area contributed by atoms with E-state index in [1.807, 2.05) is 180 Å². The molecule has 10 rings (SSSR count). The Kier molecular flexibility index (Phi) is 8.87. The summed E-state index contributed by atoms with van der Waals surface area (Å²) in [5, 5.41) is 1.51. The minimum absolute atomic E-state index is 0.391. The molecule has 5 nitrogen and oxygen atoms in total. The lowest BCUT2D eigenvalue weighted by molar-refractivity contribution is -0.137. The average molecular weight is 772 g/mol. The van der Waals surface area contributed by atoms with Crippen molar-refractivity contribution in [2.75, 3.05) is 0 Å². The minimum Gasteiger partial charge on any atom is -0.308 e. The Labute approximate surface area is 337 Å². The van der Waals surface area contributed by atoms with E-state index < -0.39 is 11.7 Å². The molecule has 0 N–H and O–H groups in total. The number of aromatic nitrogens is 5. The summed E-state index contributed by atoms with van der Waals surface area (Å²) in [6, 6.07) is 61.0. The second kappa shape index (κ2) is 14.7. The first-order valence-electron chi connectivity index (χ1n) is 19.1. The first kappa shape index (κ1) is 35.7. The van der Waals surface area contributed by atoms with Gasteiger partial charge in [0.15, 0.2) is 11.6 Å².